The minimum absolute atomic E-state index is 0.0502. The molecular weight excluding hydrogens is 243 g/mol. The fourth-order valence-electron chi connectivity index (χ4n) is 0.937. The van der Waals surface area contributed by atoms with Crippen molar-refractivity contribution in [1.82, 2.24) is 9.97 Å². The lowest BCUT2D eigenvalue weighted by molar-refractivity contribution is -0.144. The molecule has 1 aromatic rings. The number of nitrogens with one attached hydrogen (secondary N) is 1. The predicted molar refractivity (Wildman–Crippen MR) is 55.3 cm³/mol. The van der Waals surface area contributed by atoms with E-state index in [1.165, 1.54) is 6.07 Å². The smallest absolute Gasteiger partial charge is 0.370 e. The Labute approximate surface area is 95.4 Å². The average molecular weight is 252 g/mol. The van der Waals surface area contributed by atoms with Crippen molar-refractivity contribution >= 4 is 17.4 Å². The second-order valence-corrected chi connectivity index (χ2v) is 3.29. The zero-order valence-electron chi connectivity index (χ0n) is 8.18. The highest BCUT2D eigenvalue weighted by Crippen LogP contribution is 2.28. The Kier molecular flexibility index (Phi) is 4.12. The van der Waals surface area contributed by atoms with Crippen LogP contribution in [0.4, 0.5) is 19.0 Å². The first-order valence-electron chi connectivity index (χ1n) is 4.40. The molecule has 0 radical (unpaired) electrons. The largest absolute Gasteiger partial charge is 0.451 e. The average Bonchev–Trinajstić information content (AvgIpc) is 2.16. The Bertz CT molecular complexity index is 379. The number of rotatable bonds is 4. The van der Waals surface area contributed by atoms with E-state index in [9.17, 15) is 13.2 Å². The van der Waals surface area contributed by atoms with Gasteiger partial charge < -0.3 is 5.32 Å². The van der Waals surface area contributed by atoms with Gasteiger partial charge in [0.1, 0.15) is 11.0 Å². The summed E-state index contributed by atoms with van der Waals surface area (Å²) in [7, 11) is 0. The zero-order chi connectivity index (χ0) is 12.2. The molecule has 1 rings (SSSR count). The van der Waals surface area contributed by atoms with Gasteiger partial charge in [-0.1, -0.05) is 17.7 Å². The first kappa shape index (κ1) is 12.8. The summed E-state index contributed by atoms with van der Waals surface area (Å²) >= 11 is 5.46. The van der Waals surface area contributed by atoms with Crippen LogP contribution in [0, 0.1) is 0 Å². The lowest BCUT2D eigenvalue weighted by atomic mass is 10.4. The van der Waals surface area contributed by atoms with Crippen molar-refractivity contribution in [1.29, 1.82) is 0 Å². The summed E-state index contributed by atoms with van der Waals surface area (Å²) in [6.07, 6.45) is -2.34. The molecular formula is C9H9ClF3N3. The van der Waals surface area contributed by atoms with Gasteiger partial charge in [-0.15, -0.1) is 6.58 Å². The number of anilines is 1. The topological polar surface area (TPSA) is 37.8 Å². The summed E-state index contributed by atoms with van der Waals surface area (Å²) in [5.74, 6) is -1.20. The number of nitrogens with zero attached hydrogens (tertiary/aromatic N) is 2. The molecule has 0 aliphatic rings. The molecule has 0 spiro atoms. The van der Waals surface area contributed by atoms with Crippen molar-refractivity contribution in [3.63, 3.8) is 0 Å². The van der Waals surface area contributed by atoms with Crippen LogP contribution in [-0.2, 0) is 6.18 Å². The lowest BCUT2D eigenvalue weighted by Gasteiger charge is -2.08. The highest BCUT2D eigenvalue weighted by Gasteiger charge is 2.35. The van der Waals surface area contributed by atoms with Crippen molar-refractivity contribution in [3.05, 3.63) is 29.7 Å². The Morgan fingerprint density at radius 1 is 1.44 bits per heavy atom. The van der Waals surface area contributed by atoms with Crippen LogP contribution in [0.2, 0.25) is 5.15 Å². The van der Waals surface area contributed by atoms with E-state index in [4.69, 9.17) is 11.6 Å². The van der Waals surface area contributed by atoms with Gasteiger partial charge in [0.2, 0.25) is 5.82 Å². The molecule has 0 aliphatic heterocycles. The van der Waals surface area contributed by atoms with Crippen LogP contribution >= 0.6 is 11.6 Å². The molecule has 1 aromatic heterocycles. The van der Waals surface area contributed by atoms with E-state index in [0.29, 0.717) is 13.0 Å². The third kappa shape index (κ3) is 3.69. The number of hydrogen-bond donors (Lipinski definition) is 1. The Hall–Kier alpha value is -1.30. The first-order valence-corrected chi connectivity index (χ1v) is 4.78. The molecule has 0 unspecified atom stereocenters. The lowest BCUT2D eigenvalue weighted by Crippen LogP contribution is -2.13. The fourth-order valence-corrected chi connectivity index (χ4v) is 1.12. The quantitative estimate of drug-likeness (QED) is 0.508. The summed E-state index contributed by atoms with van der Waals surface area (Å²) in [4.78, 5) is 6.41. The van der Waals surface area contributed by atoms with Crippen molar-refractivity contribution in [2.75, 3.05) is 11.9 Å². The molecule has 3 nitrogen and oxygen atoms in total. The highest BCUT2D eigenvalue weighted by atomic mass is 35.5. The van der Waals surface area contributed by atoms with Gasteiger partial charge in [-0.05, 0) is 6.42 Å². The first-order chi connectivity index (χ1) is 7.43. The summed E-state index contributed by atoms with van der Waals surface area (Å²) in [6.45, 7) is 3.93. The Morgan fingerprint density at radius 2 is 2.12 bits per heavy atom. The maximum atomic E-state index is 12.3. The number of hydrogen-bond acceptors (Lipinski definition) is 3. The van der Waals surface area contributed by atoms with Crippen LogP contribution in [0.5, 0.6) is 0 Å². The van der Waals surface area contributed by atoms with Crippen LogP contribution in [0.25, 0.3) is 0 Å². The molecule has 0 aliphatic carbocycles. The van der Waals surface area contributed by atoms with Crippen LogP contribution < -0.4 is 5.32 Å². The van der Waals surface area contributed by atoms with Gasteiger partial charge in [-0.25, -0.2) is 9.97 Å². The number of halogens is 4. The van der Waals surface area contributed by atoms with E-state index >= 15 is 0 Å². The Balaban J connectivity index is 2.86. The second-order valence-electron chi connectivity index (χ2n) is 2.90. The van der Waals surface area contributed by atoms with Crippen molar-refractivity contribution in [2.45, 2.75) is 12.6 Å². The third-order valence-electron chi connectivity index (χ3n) is 1.60. The predicted octanol–water partition coefficient (Wildman–Crippen LogP) is 3.14. The highest BCUT2D eigenvalue weighted by molar-refractivity contribution is 6.29. The number of aromatic nitrogens is 2. The molecule has 1 heterocycles. The van der Waals surface area contributed by atoms with E-state index in [2.05, 4.69) is 21.9 Å². The van der Waals surface area contributed by atoms with Crippen molar-refractivity contribution in [3.8, 4) is 0 Å². The maximum Gasteiger partial charge on any atom is 0.451 e. The molecule has 1 N–H and O–H groups in total. The van der Waals surface area contributed by atoms with Crippen LogP contribution in [0.15, 0.2) is 18.7 Å². The van der Waals surface area contributed by atoms with Gasteiger partial charge in [-0.3, -0.25) is 0 Å². The maximum absolute atomic E-state index is 12.3. The van der Waals surface area contributed by atoms with Gasteiger partial charge in [0.05, 0.1) is 0 Å². The molecule has 0 saturated carbocycles. The van der Waals surface area contributed by atoms with Crippen LogP contribution in [-0.4, -0.2) is 16.5 Å². The van der Waals surface area contributed by atoms with E-state index in [-0.39, 0.29) is 11.0 Å². The van der Waals surface area contributed by atoms with E-state index in [0.717, 1.165) is 0 Å². The molecule has 0 bridgehead atoms. The van der Waals surface area contributed by atoms with Gasteiger partial charge in [0.25, 0.3) is 0 Å². The molecule has 0 atom stereocenters. The molecule has 88 valence electrons. The standard InChI is InChI=1S/C9H9ClF3N3/c1-2-3-4-14-7-5-6(10)15-8(16-7)9(11,12)13/h2,5H,1,3-4H2,(H,14,15,16). The van der Waals surface area contributed by atoms with Crippen LogP contribution in [0.1, 0.15) is 12.2 Å². The molecule has 16 heavy (non-hydrogen) atoms. The SMILES string of the molecule is C=CCCNc1cc(Cl)nc(C(F)(F)F)n1. The molecule has 0 amide bonds. The monoisotopic (exact) mass is 251 g/mol. The normalized spacial score (nSPS) is 11.2. The minimum atomic E-state index is -4.60. The number of alkyl halides is 3. The summed E-state index contributed by atoms with van der Waals surface area (Å²) in [6, 6.07) is 1.24. The van der Waals surface area contributed by atoms with E-state index in [1.807, 2.05) is 0 Å². The molecule has 0 saturated heterocycles. The third-order valence-corrected chi connectivity index (χ3v) is 1.80. The van der Waals surface area contributed by atoms with Crippen molar-refractivity contribution < 1.29 is 13.2 Å². The van der Waals surface area contributed by atoms with Gasteiger partial charge in [0.15, 0.2) is 0 Å². The minimum Gasteiger partial charge on any atom is -0.370 e. The summed E-state index contributed by atoms with van der Waals surface area (Å²) < 4.78 is 36.9. The Morgan fingerprint density at radius 3 is 2.69 bits per heavy atom. The van der Waals surface area contributed by atoms with Crippen LogP contribution in [0.3, 0.4) is 0 Å². The van der Waals surface area contributed by atoms with Gasteiger partial charge in [0, 0.05) is 12.6 Å². The van der Waals surface area contributed by atoms with Crippen molar-refractivity contribution in [2.24, 2.45) is 0 Å². The molecule has 0 aromatic carbocycles. The van der Waals surface area contributed by atoms with Gasteiger partial charge in [-0.2, -0.15) is 13.2 Å². The summed E-state index contributed by atoms with van der Waals surface area (Å²) in [5, 5.41) is 2.45. The molecule has 7 heteroatoms. The van der Waals surface area contributed by atoms with E-state index < -0.39 is 12.0 Å². The summed E-state index contributed by atoms with van der Waals surface area (Å²) in [5.41, 5.74) is 0. The van der Waals surface area contributed by atoms with E-state index in [1.54, 1.807) is 6.08 Å². The zero-order valence-corrected chi connectivity index (χ0v) is 8.94. The molecule has 0 fully saturated rings. The van der Waals surface area contributed by atoms with Gasteiger partial charge >= 0.3 is 6.18 Å². The fraction of sp³-hybridized carbons (Fsp3) is 0.333. The second kappa shape index (κ2) is 5.16.